The lowest BCUT2D eigenvalue weighted by Crippen LogP contribution is -2.39. The molecule has 1 atom stereocenters. The summed E-state index contributed by atoms with van der Waals surface area (Å²) in [5.41, 5.74) is -0.371. The predicted molar refractivity (Wildman–Crippen MR) is 38.8 cm³/mol. The van der Waals surface area contributed by atoms with Crippen molar-refractivity contribution >= 4 is 5.78 Å². The second kappa shape index (κ2) is 2.63. The van der Waals surface area contributed by atoms with Gasteiger partial charge >= 0.3 is 0 Å². The normalized spacial score (nSPS) is 29.5. The summed E-state index contributed by atoms with van der Waals surface area (Å²) in [4.78, 5) is 11.1. The molecule has 0 aromatic heterocycles. The van der Waals surface area contributed by atoms with Crippen molar-refractivity contribution in [2.45, 2.75) is 25.9 Å². The molecule has 3 heteroatoms. The Bertz CT molecular complexity index is 215. The largest absolute Gasteiger partial charge is 0.373 e. The standard InChI is InChI=1S/C8H11NO2/c1-8(2)3-7(10)6(4-9)5-11-8/h6H,3,5H2,1-2H3. The van der Waals surface area contributed by atoms with Crippen LogP contribution < -0.4 is 0 Å². The van der Waals surface area contributed by atoms with Crippen LogP contribution >= 0.6 is 0 Å². The average Bonchev–Trinajstić information content (AvgIpc) is 1.86. The Hall–Kier alpha value is -0.880. The van der Waals surface area contributed by atoms with Gasteiger partial charge in [-0.1, -0.05) is 0 Å². The molecule has 0 bridgehead atoms. The van der Waals surface area contributed by atoms with Crippen LogP contribution in [0.4, 0.5) is 0 Å². The topological polar surface area (TPSA) is 50.1 Å². The van der Waals surface area contributed by atoms with Crippen molar-refractivity contribution in [2.75, 3.05) is 6.61 Å². The smallest absolute Gasteiger partial charge is 0.155 e. The van der Waals surface area contributed by atoms with Gasteiger partial charge in [-0.2, -0.15) is 5.26 Å². The molecule has 0 spiro atoms. The molecule has 0 aromatic carbocycles. The maximum absolute atomic E-state index is 11.1. The molecule has 0 aromatic rings. The first-order chi connectivity index (χ1) is 5.05. The third kappa shape index (κ3) is 1.78. The summed E-state index contributed by atoms with van der Waals surface area (Å²) in [6, 6.07) is 1.92. The maximum Gasteiger partial charge on any atom is 0.155 e. The molecule has 1 rings (SSSR count). The lowest BCUT2D eigenvalue weighted by Gasteiger charge is -2.30. The van der Waals surface area contributed by atoms with Crippen LogP contribution in [0.3, 0.4) is 0 Å². The van der Waals surface area contributed by atoms with Gasteiger partial charge in [-0.05, 0) is 13.8 Å². The van der Waals surface area contributed by atoms with Gasteiger partial charge < -0.3 is 4.74 Å². The third-order valence-electron chi connectivity index (χ3n) is 1.79. The fourth-order valence-electron chi connectivity index (χ4n) is 1.10. The third-order valence-corrected chi connectivity index (χ3v) is 1.79. The van der Waals surface area contributed by atoms with Gasteiger partial charge in [-0.25, -0.2) is 0 Å². The second-order valence-corrected chi connectivity index (χ2v) is 3.40. The van der Waals surface area contributed by atoms with E-state index in [-0.39, 0.29) is 18.0 Å². The van der Waals surface area contributed by atoms with Gasteiger partial charge in [0.05, 0.1) is 18.3 Å². The zero-order valence-corrected chi connectivity index (χ0v) is 6.76. The zero-order valence-electron chi connectivity index (χ0n) is 6.76. The van der Waals surface area contributed by atoms with Crippen molar-refractivity contribution in [3.8, 4) is 6.07 Å². The molecule has 0 saturated carbocycles. The SMILES string of the molecule is CC1(C)CC(=O)C(C#N)CO1. The quantitative estimate of drug-likeness (QED) is 0.519. The van der Waals surface area contributed by atoms with E-state index in [0.29, 0.717) is 6.42 Å². The van der Waals surface area contributed by atoms with E-state index in [4.69, 9.17) is 10.00 Å². The van der Waals surface area contributed by atoms with Crippen LogP contribution in [0, 0.1) is 17.2 Å². The summed E-state index contributed by atoms with van der Waals surface area (Å²) in [7, 11) is 0. The first-order valence-electron chi connectivity index (χ1n) is 3.61. The van der Waals surface area contributed by atoms with E-state index >= 15 is 0 Å². The summed E-state index contributed by atoms with van der Waals surface area (Å²) in [5, 5.41) is 8.48. The van der Waals surface area contributed by atoms with E-state index in [1.54, 1.807) is 0 Å². The highest BCUT2D eigenvalue weighted by molar-refractivity contribution is 5.84. The van der Waals surface area contributed by atoms with Gasteiger partial charge in [-0.3, -0.25) is 4.79 Å². The van der Waals surface area contributed by atoms with Gasteiger partial charge in [0, 0.05) is 6.42 Å². The van der Waals surface area contributed by atoms with Crippen LogP contribution in [0.15, 0.2) is 0 Å². The molecule has 1 unspecified atom stereocenters. The minimum Gasteiger partial charge on any atom is -0.373 e. The number of carbonyl (C=O) groups is 1. The molecule has 1 heterocycles. The highest BCUT2D eigenvalue weighted by Gasteiger charge is 2.33. The number of hydrogen-bond donors (Lipinski definition) is 0. The summed E-state index contributed by atoms with van der Waals surface area (Å²) in [6.07, 6.45) is 0.352. The van der Waals surface area contributed by atoms with E-state index in [1.165, 1.54) is 0 Å². The summed E-state index contributed by atoms with van der Waals surface area (Å²) < 4.78 is 5.30. The Morgan fingerprint density at radius 2 is 2.36 bits per heavy atom. The lowest BCUT2D eigenvalue weighted by atomic mass is 9.91. The van der Waals surface area contributed by atoms with Gasteiger partial charge in [-0.15, -0.1) is 0 Å². The highest BCUT2D eigenvalue weighted by Crippen LogP contribution is 2.23. The lowest BCUT2D eigenvalue weighted by molar-refractivity contribution is -0.140. The summed E-state index contributed by atoms with van der Waals surface area (Å²) >= 11 is 0. The van der Waals surface area contributed by atoms with E-state index < -0.39 is 5.92 Å². The molecule has 1 aliphatic heterocycles. The Labute approximate surface area is 66.0 Å². The van der Waals surface area contributed by atoms with Gasteiger partial charge in [0.2, 0.25) is 0 Å². The molecule has 3 nitrogen and oxygen atoms in total. The molecular weight excluding hydrogens is 142 g/mol. The Morgan fingerprint density at radius 1 is 1.73 bits per heavy atom. The molecule has 0 radical (unpaired) electrons. The number of nitriles is 1. The van der Waals surface area contributed by atoms with Crippen molar-refractivity contribution < 1.29 is 9.53 Å². The van der Waals surface area contributed by atoms with Crippen molar-refractivity contribution in [3.63, 3.8) is 0 Å². The number of hydrogen-bond acceptors (Lipinski definition) is 3. The second-order valence-electron chi connectivity index (χ2n) is 3.40. The maximum atomic E-state index is 11.1. The fourth-order valence-corrected chi connectivity index (χ4v) is 1.10. The molecule has 1 aliphatic rings. The van der Waals surface area contributed by atoms with Crippen LogP contribution in [0.1, 0.15) is 20.3 Å². The molecule has 0 N–H and O–H groups in total. The van der Waals surface area contributed by atoms with E-state index in [1.807, 2.05) is 19.9 Å². The van der Waals surface area contributed by atoms with Crippen LogP contribution in [0.2, 0.25) is 0 Å². The Balaban J connectivity index is 2.64. The Morgan fingerprint density at radius 3 is 2.82 bits per heavy atom. The number of ether oxygens (including phenoxy) is 1. The Kier molecular flexibility index (Phi) is 1.97. The van der Waals surface area contributed by atoms with Crippen molar-refractivity contribution in [1.29, 1.82) is 5.26 Å². The van der Waals surface area contributed by atoms with E-state index in [9.17, 15) is 4.79 Å². The first-order valence-corrected chi connectivity index (χ1v) is 3.61. The molecular formula is C8H11NO2. The van der Waals surface area contributed by atoms with Gasteiger partial charge in [0.15, 0.2) is 5.78 Å². The highest BCUT2D eigenvalue weighted by atomic mass is 16.5. The number of rotatable bonds is 0. The number of carbonyl (C=O) groups excluding carboxylic acids is 1. The first kappa shape index (κ1) is 8.22. The predicted octanol–water partition coefficient (Wildman–Crippen LogP) is 0.894. The van der Waals surface area contributed by atoms with Gasteiger partial charge in [0.1, 0.15) is 5.92 Å². The number of nitrogens with zero attached hydrogens (tertiary/aromatic N) is 1. The van der Waals surface area contributed by atoms with Gasteiger partial charge in [0.25, 0.3) is 0 Å². The van der Waals surface area contributed by atoms with Crippen LogP contribution in [0.5, 0.6) is 0 Å². The van der Waals surface area contributed by atoms with Crippen molar-refractivity contribution in [1.82, 2.24) is 0 Å². The monoisotopic (exact) mass is 153 g/mol. The fraction of sp³-hybridized carbons (Fsp3) is 0.750. The molecule has 60 valence electrons. The average molecular weight is 153 g/mol. The molecule has 11 heavy (non-hydrogen) atoms. The zero-order chi connectivity index (χ0) is 8.48. The number of ketones is 1. The van der Waals surface area contributed by atoms with Crippen LogP contribution in [-0.2, 0) is 9.53 Å². The van der Waals surface area contributed by atoms with E-state index in [2.05, 4.69) is 0 Å². The van der Waals surface area contributed by atoms with Crippen LogP contribution in [-0.4, -0.2) is 18.0 Å². The summed E-state index contributed by atoms with van der Waals surface area (Å²) in [5.74, 6) is -0.535. The summed E-state index contributed by atoms with van der Waals surface area (Å²) in [6.45, 7) is 3.97. The molecule has 0 aliphatic carbocycles. The van der Waals surface area contributed by atoms with Crippen LogP contribution in [0.25, 0.3) is 0 Å². The van der Waals surface area contributed by atoms with Crippen molar-refractivity contribution in [3.05, 3.63) is 0 Å². The minimum atomic E-state index is -0.539. The number of Topliss-reactive ketones (excluding diaryl/α,β-unsaturated/α-hetero) is 1. The van der Waals surface area contributed by atoms with E-state index in [0.717, 1.165) is 0 Å². The molecule has 1 saturated heterocycles. The minimum absolute atomic E-state index is 0.00347. The molecule has 0 amide bonds. The molecule has 1 fully saturated rings. The van der Waals surface area contributed by atoms with Crippen molar-refractivity contribution in [2.24, 2.45) is 5.92 Å².